The van der Waals surface area contributed by atoms with Crippen molar-refractivity contribution in [3.63, 3.8) is 0 Å². The van der Waals surface area contributed by atoms with E-state index in [9.17, 15) is 14.0 Å². The Labute approximate surface area is 133 Å². The molecule has 120 valence electrons. The Kier molecular flexibility index (Phi) is 5.68. The molecule has 2 aromatic carbocycles. The molecule has 5 nitrogen and oxygen atoms in total. The number of halogens is 1. The normalized spacial score (nSPS) is 10.0. The maximum atomic E-state index is 12.8. The average molecular weight is 317 g/mol. The minimum absolute atomic E-state index is 0.247. The molecule has 0 aliphatic carbocycles. The van der Waals surface area contributed by atoms with Crippen molar-refractivity contribution in [2.45, 2.75) is 6.61 Å². The molecule has 0 fully saturated rings. The third-order valence-electron chi connectivity index (χ3n) is 3.00. The van der Waals surface area contributed by atoms with Gasteiger partial charge >= 0.3 is 5.97 Å². The van der Waals surface area contributed by atoms with Crippen LogP contribution in [0.1, 0.15) is 15.9 Å². The van der Waals surface area contributed by atoms with Crippen LogP contribution in [-0.2, 0) is 16.1 Å². The first kappa shape index (κ1) is 16.5. The third kappa shape index (κ3) is 5.10. The molecule has 0 aliphatic heterocycles. The zero-order valence-corrected chi connectivity index (χ0v) is 12.5. The Morgan fingerprint density at radius 1 is 1.13 bits per heavy atom. The molecule has 0 saturated heterocycles. The summed E-state index contributed by atoms with van der Waals surface area (Å²) in [7, 11) is 1.46. The molecular weight excluding hydrogens is 301 g/mol. The van der Waals surface area contributed by atoms with Crippen LogP contribution in [0.3, 0.4) is 0 Å². The highest BCUT2D eigenvalue weighted by Crippen LogP contribution is 2.16. The lowest BCUT2D eigenvalue weighted by Crippen LogP contribution is -2.25. The number of carbonyl (C=O) groups excluding carboxylic acids is 2. The van der Waals surface area contributed by atoms with Crippen molar-refractivity contribution >= 4 is 11.9 Å². The van der Waals surface area contributed by atoms with Crippen LogP contribution in [0.25, 0.3) is 0 Å². The second kappa shape index (κ2) is 7.93. The number of nitrogens with one attached hydrogen (secondary N) is 1. The third-order valence-corrected chi connectivity index (χ3v) is 3.00. The molecule has 1 N–H and O–H groups in total. The van der Waals surface area contributed by atoms with Crippen LogP contribution in [0.4, 0.5) is 4.39 Å². The minimum atomic E-state index is -0.610. The van der Waals surface area contributed by atoms with Gasteiger partial charge in [0.15, 0.2) is 6.61 Å². The van der Waals surface area contributed by atoms with Gasteiger partial charge in [0, 0.05) is 7.05 Å². The van der Waals surface area contributed by atoms with E-state index in [0.717, 1.165) is 5.56 Å². The van der Waals surface area contributed by atoms with E-state index >= 15 is 0 Å². The first-order chi connectivity index (χ1) is 11.1. The summed E-state index contributed by atoms with van der Waals surface area (Å²) < 4.78 is 23.2. The summed E-state index contributed by atoms with van der Waals surface area (Å²) >= 11 is 0. The topological polar surface area (TPSA) is 64.6 Å². The molecule has 0 saturated carbocycles. The van der Waals surface area contributed by atoms with Gasteiger partial charge in [-0.25, -0.2) is 9.18 Å². The fourth-order valence-corrected chi connectivity index (χ4v) is 1.75. The van der Waals surface area contributed by atoms with Gasteiger partial charge in [0.05, 0.1) is 5.56 Å². The number of carbonyl (C=O) groups is 2. The van der Waals surface area contributed by atoms with Crippen LogP contribution in [0.5, 0.6) is 5.75 Å². The van der Waals surface area contributed by atoms with E-state index in [0.29, 0.717) is 5.75 Å². The van der Waals surface area contributed by atoms with Crippen LogP contribution in [0, 0.1) is 5.82 Å². The maximum absolute atomic E-state index is 12.8. The van der Waals surface area contributed by atoms with Gasteiger partial charge in [-0.3, -0.25) is 4.79 Å². The molecule has 0 bridgehead atoms. The molecule has 0 unspecified atom stereocenters. The summed E-state index contributed by atoms with van der Waals surface area (Å²) in [5.74, 6) is -0.832. The van der Waals surface area contributed by atoms with Crippen molar-refractivity contribution in [3.05, 3.63) is 65.5 Å². The molecule has 0 radical (unpaired) electrons. The van der Waals surface area contributed by atoms with Gasteiger partial charge in [-0.05, 0) is 35.9 Å². The number of esters is 1. The molecule has 1 amide bonds. The summed E-state index contributed by atoms with van der Waals surface area (Å²) in [6, 6.07) is 12.4. The Morgan fingerprint density at radius 3 is 2.57 bits per heavy atom. The smallest absolute Gasteiger partial charge is 0.338 e. The van der Waals surface area contributed by atoms with Crippen LogP contribution in [0.2, 0.25) is 0 Å². The van der Waals surface area contributed by atoms with Crippen molar-refractivity contribution in [1.82, 2.24) is 5.32 Å². The van der Waals surface area contributed by atoms with Crippen molar-refractivity contribution in [3.8, 4) is 5.75 Å². The molecule has 0 aliphatic rings. The fourth-order valence-electron chi connectivity index (χ4n) is 1.75. The van der Waals surface area contributed by atoms with E-state index in [4.69, 9.17) is 9.47 Å². The van der Waals surface area contributed by atoms with Gasteiger partial charge in [-0.2, -0.15) is 0 Å². The van der Waals surface area contributed by atoms with E-state index < -0.39 is 5.97 Å². The van der Waals surface area contributed by atoms with Crippen LogP contribution in [-0.4, -0.2) is 25.5 Å². The van der Waals surface area contributed by atoms with Crippen molar-refractivity contribution in [2.24, 2.45) is 0 Å². The zero-order valence-electron chi connectivity index (χ0n) is 12.5. The van der Waals surface area contributed by atoms with Crippen molar-refractivity contribution in [2.75, 3.05) is 13.7 Å². The molecule has 0 spiro atoms. The SMILES string of the molecule is CNC(=O)COC(=O)c1cccc(OCc2ccc(F)cc2)c1. The lowest BCUT2D eigenvalue weighted by Gasteiger charge is -2.08. The lowest BCUT2D eigenvalue weighted by molar-refractivity contribution is -0.123. The second-order valence-electron chi connectivity index (χ2n) is 4.69. The Morgan fingerprint density at radius 2 is 1.87 bits per heavy atom. The fraction of sp³-hybridized carbons (Fsp3) is 0.176. The predicted molar refractivity (Wildman–Crippen MR) is 81.5 cm³/mol. The maximum Gasteiger partial charge on any atom is 0.338 e. The Bertz CT molecular complexity index is 685. The van der Waals surface area contributed by atoms with Crippen LogP contribution < -0.4 is 10.1 Å². The molecule has 2 aromatic rings. The average Bonchev–Trinajstić information content (AvgIpc) is 2.59. The predicted octanol–water partition coefficient (Wildman–Crippen LogP) is 2.31. The highest BCUT2D eigenvalue weighted by atomic mass is 19.1. The number of ether oxygens (including phenoxy) is 2. The molecule has 0 heterocycles. The van der Waals surface area contributed by atoms with E-state index in [2.05, 4.69) is 5.32 Å². The first-order valence-corrected chi connectivity index (χ1v) is 6.93. The monoisotopic (exact) mass is 317 g/mol. The lowest BCUT2D eigenvalue weighted by atomic mass is 10.2. The van der Waals surface area contributed by atoms with Gasteiger partial charge < -0.3 is 14.8 Å². The second-order valence-corrected chi connectivity index (χ2v) is 4.69. The number of rotatable bonds is 6. The largest absolute Gasteiger partial charge is 0.489 e. The minimum Gasteiger partial charge on any atom is -0.489 e. The number of benzene rings is 2. The van der Waals surface area contributed by atoms with Crippen LogP contribution in [0.15, 0.2) is 48.5 Å². The highest BCUT2D eigenvalue weighted by Gasteiger charge is 2.10. The molecule has 0 atom stereocenters. The summed E-state index contributed by atoms with van der Waals surface area (Å²) in [6.45, 7) is -0.0903. The summed E-state index contributed by atoms with van der Waals surface area (Å²) in [5, 5.41) is 2.36. The van der Waals surface area contributed by atoms with Gasteiger partial charge in [-0.1, -0.05) is 18.2 Å². The standard InChI is InChI=1S/C17H16FNO4/c1-19-16(20)11-23-17(21)13-3-2-4-15(9-13)22-10-12-5-7-14(18)8-6-12/h2-9H,10-11H2,1H3,(H,19,20). The Balaban J connectivity index is 1.95. The van der Waals surface area contributed by atoms with E-state index in [1.165, 1.54) is 25.2 Å². The zero-order chi connectivity index (χ0) is 16.7. The molecule has 23 heavy (non-hydrogen) atoms. The highest BCUT2D eigenvalue weighted by molar-refractivity contribution is 5.91. The number of hydrogen-bond acceptors (Lipinski definition) is 4. The van der Waals surface area contributed by atoms with E-state index in [1.807, 2.05) is 0 Å². The van der Waals surface area contributed by atoms with Gasteiger partial charge in [0.1, 0.15) is 18.2 Å². The van der Waals surface area contributed by atoms with E-state index in [-0.39, 0.29) is 30.5 Å². The van der Waals surface area contributed by atoms with Gasteiger partial charge in [0.25, 0.3) is 5.91 Å². The summed E-state index contributed by atoms with van der Waals surface area (Å²) in [4.78, 5) is 22.9. The first-order valence-electron chi connectivity index (χ1n) is 6.93. The quantitative estimate of drug-likeness (QED) is 0.830. The van der Waals surface area contributed by atoms with Gasteiger partial charge in [-0.15, -0.1) is 0 Å². The molecular formula is C17H16FNO4. The summed E-state index contributed by atoms with van der Waals surface area (Å²) in [6.07, 6.45) is 0. The van der Waals surface area contributed by atoms with Crippen LogP contribution >= 0.6 is 0 Å². The number of likely N-dealkylation sites (N-methyl/N-ethyl adjacent to an activating group) is 1. The Hall–Kier alpha value is -2.89. The van der Waals surface area contributed by atoms with Crippen molar-refractivity contribution in [1.29, 1.82) is 0 Å². The van der Waals surface area contributed by atoms with E-state index in [1.54, 1.807) is 30.3 Å². The number of hydrogen-bond donors (Lipinski definition) is 1. The molecule has 0 aromatic heterocycles. The number of amides is 1. The molecule has 2 rings (SSSR count). The molecule has 6 heteroatoms. The summed E-state index contributed by atoms with van der Waals surface area (Å²) in [5.41, 5.74) is 1.09. The van der Waals surface area contributed by atoms with Gasteiger partial charge in [0.2, 0.25) is 0 Å². The van der Waals surface area contributed by atoms with Crippen molar-refractivity contribution < 1.29 is 23.5 Å².